The lowest BCUT2D eigenvalue weighted by Gasteiger charge is -2.07. The molecule has 1 rings (SSSR count). The minimum atomic E-state index is -0.194. The van der Waals surface area contributed by atoms with Crippen LogP contribution in [0.1, 0.15) is 23.2 Å². The quantitative estimate of drug-likeness (QED) is 0.667. The normalized spacial score (nSPS) is 12.4. The summed E-state index contributed by atoms with van der Waals surface area (Å²) < 4.78 is 0. The molecule has 0 heterocycles. The summed E-state index contributed by atoms with van der Waals surface area (Å²) >= 11 is 8.88. The summed E-state index contributed by atoms with van der Waals surface area (Å²) in [5.74, 6) is 0.754. The van der Waals surface area contributed by atoms with Gasteiger partial charge >= 0.3 is 0 Å². The monoisotopic (exact) mass is 290 g/mol. The number of benzene rings is 1. The second kappa shape index (κ2) is 6.13. The molecule has 0 saturated carbocycles. The molecule has 1 N–H and O–H groups in total. The summed E-state index contributed by atoms with van der Waals surface area (Å²) in [6, 6.07) is 6.25. The highest BCUT2D eigenvalue weighted by Crippen LogP contribution is 2.17. The van der Waals surface area contributed by atoms with Crippen LogP contribution in [0.5, 0.6) is 5.75 Å². The van der Waals surface area contributed by atoms with Gasteiger partial charge in [-0.3, -0.25) is 4.79 Å². The van der Waals surface area contributed by atoms with Gasteiger partial charge in [-0.15, -0.1) is 11.6 Å². The predicted molar refractivity (Wildman–Crippen MR) is 65.1 cm³/mol. The molecule has 15 heavy (non-hydrogen) atoms. The molecular weight excluding hydrogens is 279 g/mol. The molecule has 82 valence electrons. The summed E-state index contributed by atoms with van der Waals surface area (Å²) in [6.45, 7) is 0. The molecule has 2 nitrogen and oxygen atoms in total. The predicted octanol–water partition coefficient (Wildman–Crippen LogP) is 3.36. The molecule has 0 spiro atoms. The molecule has 0 radical (unpaired) electrons. The van der Waals surface area contributed by atoms with Crippen molar-refractivity contribution in [2.45, 2.75) is 17.7 Å². The van der Waals surface area contributed by atoms with E-state index in [0.717, 1.165) is 12.8 Å². The molecule has 0 bridgehead atoms. The van der Waals surface area contributed by atoms with Gasteiger partial charge in [-0.2, -0.15) is 0 Å². The van der Waals surface area contributed by atoms with Gasteiger partial charge in [0.1, 0.15) is 5.75 Å². The van der Waals surface area contributed by atoms with Gasteiger partial charge in [0, 0.05) is 11.4 Å². The highest BCUT2D eigenvalue weighted by Gasteiger charge is 2.15. The van der Waals surface area contributed by atoms with Crippen LogP contribution in [0.25, 0.3) is 0 Å². The van der Waals surface area contributed by atoms with Gasteiger partial charge in [-0.25, -0.2) is 0 Å². The number of alkyl halides is 2. The number of halogens is 2. The van der Waals surface area contributed by atoms with Crippen LogP contribution in [0.4, 0.5) is 0 Å². The fourth-order valence-electron chi connectivity index (χ4n) is 1.19. The SMILES string of the molecule is O=C(c1ccc(O)cc1)C(Br)CCCCl. The van der Waals surface area contributed by atoms with E-state index in [-0.39, 0.29) is 16.4 Å². The Morgan fingerprint density at radius 2 is 2.00 bits per heavy atom. The Labute approximate surface area is 102 Å². The van der Waals surface area contributed by atoms with Gasteiger partial charge in [0.2, 0.25) is 0 Å². The zero-order valence-corrected chi connectivity index (χ0v) is 10.5. The minimum absolute atomic E-state index is 0.0279. The lowest BCUT2D eigenvalue weighted by molar-refractivity contribution is 0.0988. The summed E-state index contributed by atoms with van der Waals surface area (Å²) in [7, 11) is 0. The number of hydrogen-bond acceptors (Lipinski definition) is 2. The number of phenols is 1. The lowest BCUT2D eigenvalue weighted by Crippen LogP contribution is -2.14. The number of hydrogen-bond donors (Lipinski definition) is 1. The highest BCUT2D eigenvalue weighted by molar-refractivity contribution is 9.10. The van der Waals surface area contributed by atoms with Crippen LogP contribution >= 0.6 is 27.5 Å². The largest absolute Gasteiger partial charge is 0.508 e. The molecule has 1 aromatic rings. The van der Waals surface area contributed by atoms with Gasteiger partial charge in [-0.05, 0) is 37.1 Å². The van der Waals surface area contributed by atoms with Crippen molar-refractivity contribution in [3.63, 3.8) is 0 Å². The van der Waals surface area contributed by atoms with Crippen molar-refractivity contribution in [2.24, 2.45) is 0 Å². The zero-order valence-electron chi connectivity index (χ0n) is 8.12. The molecule has 1 atom stereocenters. The van der Waals surface area contributed by atoms with Crippen LogP contribution in [0.15, 0.2) is 24.3 Å². The van der Waals surface area contributed by atoms with Gasteiger partial charge in [0.25, 0.3) is 0 Å². The molecular formula is C11H12BrClO2. The number of carbonyl (C=O) groups excluding carboxylic acids is 1. The van der Waals surface area contributed by atoms with Crippen molar-refractivity contribution in [3.05, 3.63) is 29.8 Å². The maximum Gasteiger partial charge on any atom is 0.176 e. The molecule has 0 aromatic heterocycles. The van der Waals surface area contributed by atoms with Crippen molar-refractivity contribution in [1.82, 2.24) is 0 Å². The molecule has 0 amide bonds. The molecule has 1 aromatic carbocycles. The van der Waals surface area contributed by atoms with Crippen LogP contribution in [-0.2, 0) is 0 Å². The first-order valence-electron chi connectivity index (χ1n) is 4.68. The number of ketones is 1. The summed E-state index contributed by atoms with van der Waals surface area (Å²) in [4.78, 5) is 11.6. The average molecular weight is 292 g/mol. The van der Waals surface area contributed by atoms with E-state index in [2.05, 4.69) is 15.9 Å². The Morgan fingerprint density at radius 1 is 1.40 bits per heavy atom. The Kier molecular flexibility index (Phi) is 5.12. The summed E-state index contributed by atoms with van der Waals surface area (Å²) in [6.07, 6.45) is 1.53. The molecule has 0 saturated heterocycles. The maximum atomic E-state index is 11.8. The average Bonchev–Trinajstić information content (AvgIpc) is 2.26. The summed E-state index contributed by atoms with van der Waals surface area (Å²) in [5.41, 5.74) is 0.601. The molecule has 4 heteroatoms. The maximum absolute atomic E-state index is 11.8. The van der Waals surface area contributed by atoms with E-state index in [9.17, 15) is 4.79 Å². The van der Waals surface area contributed by atoms with Gasteiger partial charge in [0.15, 0.2) is 5.78 Å². The van der Waals surface area contributed by atoms with Crippen LogP contribution in [0.2, 0.25) is 0 Å². The van der Waals surface area contributed by atoms with Crippen molar-refractivity contribution in [2.75, 3.05) is 5.88 Å². The van der Waals surface area contributed by atoms with E-state index in [4.69, 9.17) is 16.7 Å². The number of phenolic OH excluding ortho intramolecular Hbond substituents is 1. The van der Waals surface area contributed by atoms with E-state index in [1.165, 1.54) is 12.1 Å². The van der Waals surface area contributed by atoms with E-state index in [1.807, 2.05) is 0 Å². The minimum Gasteiger partial charge on any atom is -0.508 e. The van der Waals surface area contributed by atoms with Gasteiger partial charge in [0.05, 0.1) is 4.83 Å². The second-order valence-corrected chi connectivity index (χ2v) is 4.69. The Balaban J connectivity index is 2.63. The van der Waals surface area contributed by atoms with Gasteiger partial charge in [-0.1, -0.05) is 15.9 Å². The van der Waals surface area contributed by atoms with Crippen molar-refractivity contribution < 1.29 is 9.90 Å². The van der Waals surface area contributed by atoms with Crippen molar-refractivity contribution in [1.29, 1.82) is 0 Å². The number of carbonyl (C=O) groups is 1. The van der Waals surface area contributed by atoms with Crippen LogP contribution < -0.4 is 0 Å². The molecule has 0 aliphatic carbocycles. The lowest BCUT2D eigenvalue weighted by atomic mass is 10.1. The highest BCUT2D eigenvalue weighted by atomic mass is 79.9. The summed E-state index contributed by atoms with van der Waals surface area (Å²) in [5, 5.41) is 9.08. The van der Waals surface area contributed by atoms with Crippen LogP contribution in [0.3, 0.4) is 0 Å². The van der Waals surface area contributed by atoms with Crippen LogP contribution in [-0.4, -0.2) is 21.6 Å². The van der Waals surface area contributed by atoms with Gasteiger partial charge < -0.3 is 5.11 Å². The first-order valence-corrected chi connectivity index (χ1v) is 6.13. The standard InChI is InChI=1S/C11H12BrClO2/c12-10(2-1-7-13)11(15)8-3-5-9(14)6-4-8/h3-6,10,14H,1-2,7H2. The Morgan fingerprint density at radius 3 is 2.53 bits per heavy atom. The number of Topliss-reactive ketones (excluding diaryl/α,β-unsaturated/α-hetero) is 1. The topological polar surface area (TPSA) is 37.3 Å². The molecule has 1 unspecified atom stereocenters. The molecule has 0 fully saturated rings. The third kappa shape index (κ3) is 3.84. The number of rotatable bonds is 5. The van der Waals surface area contributed by atoms with E-state index >= 15 is 0 Å². The smallest absolute Gasteiger partial charge is 0.176 e. The van der Waals surface area contributed by atoms with E-state index in [1.54, 1.807) is 12.1 Å². The Bertz CT molecular complexity index is 324. The van der Waals surface area contributed by atoms with Crippen molar-refractivity contribution >= 4 is 33.3 Å². The van der Waals surface area contributed by atoms with E-state index < -0.39 is 0 Å². The zero-order chi connectivity index (χ0) is 11.3. The second-order valence-electron chi connectivity index (χ2n) is 3.21. The fourth-order valence-corrected chi connectivity index (χ4v) is 1.94. The first kappa shape index (κ1) is 12.5. The van der Waals surface area contributed by atoms with Crippen molar-refractivity contribution in [3.8, 4) is 5.75 Å². The number of aromatic hydroxyl groups is 1. The Hall–Kier alpha value is -0.540. The third-order valence-electron chi connectivity index (χ3n) is 2.03. The fraction of sp³-hybridized carbons (Fsp3) is 0.364. The molecule has 0 aliphatic rings. The van der Waals surface area contributed by atoms with Crippen LogP contribution in [0, 0.1) is 0 Å². The van der Waals surface area contributed by atoms with E-state index in [0.29, 0.717) is 11.4 Å². The first-order chi connectivity index (χ1) is 7.15. The molecule has 0 aliphatic heterocycles. The third-order valence-corrected chi connectivity index (χ3v) is 3.17.